The third-order valence-electron chi connectivity index (χ3n) is 3.52. The average Bonchev–Trinajstić information content (AvgIpc) is 2.48. The number of benzene rings is 1. The average molecular weight is 283 g/mol. The highest BCUT2D eigenvalue weighted by Gasteiger charge is 2.42. The van der Waals surface area contributed by atoms with E-state index < -0.39 is 37.1 Å². The van der Waals surface area contributed by atoms with Crippen LogP contribution in [-0.4, -0.2) is 64.1 Å². The van der Waals surface area contributed by atoms with Crippen molar-refractivity contribution in [3.8, 4) is 0 Å². The van der Waals surface area contributed by atoms with Gasteiger partial charge >= 0.3 is 0 Å². The molecule has 5 N–H and O–H groups in total. The van der Waals surface area contributed by atoms with Gasteiger partial charge in [-0.2, -0.15) is 0 Å². The van der Waals surface area contributed by atoms with Crippen molar-refractivity contribution in [1.82, 2.24) is 0 Å². The van der Waals surface area contributed by atoms with Crippen molar-refractivity contribution in [2.24, 2.45) is 0 Å². The number of para-hydroxylation sites is 1. The number of ether oxygens (including phenoxy) is 1. The summed E-state index contributed by atoms with van der Waals surface area (Å²) in [5.74, 6) is 0. The molecule has 0 bridgehead atoms. The summed E-state index contributed by atoms with van der Waals surface area (Å²) in [6.07, 6.45) is -4.77. The topological polar surface area (TPSA) is 102 Å². The molecule has 1 aromatic rings. The minimum Gasteiger partial charge on any atom is -0.394 e. The van der Waals surface area contributed by atoms with Crippen LogP contribution in [0.2, 0.25) is 0 Å². The van der Waals surface area contributed by atoms with Gasteiger partial charge in [0.05, 0.1) is 12.7 Å². The summed E-state index contributed by atoms with van der Waals surface area (Å²) in [7, 11) is 0. The Morgan fingerprint density at radius 3 is 2.25 bits per heavy atom. The lowest BCUT2D eigenvalue weighted by molar-refractivity contribution is -0.229. The lowest BCUT2D eigenvalue weighted by Crippen LogP contribution is -2.58. The second kappa shape index (κ2) is 7.01. The second-order valence-corrected chi connectivity index (χ2v) is 4.95. The minimum atomic E-state index is -1.30. The number of hydrogen-bond acceptors (Lipinski definition) is 6. The fourth-order valence-corrected chi connectivity index (χ4v) is 2.33. The Morgan fingerprint density at radius 1 is 0.950 bits per heavy atom. The van der Waals surface area contributed by atoms with Crippen LogP contribution in [0.5, 0.6) is 0 Å². The van der Waals surface area contributed by atoms with Crippen LogP contribution in [0.1, 0.15) is 6.42 Å². The molecule has 0 aromatic heterocycles. The Bertz CT molecular complexity index is 400. The van der Waals surface area contributed by atoms with Crippen molar-refractivity contribution in [3.05, 3.63) is 30.3 Å². The van der Waals surface area contributed by atoms with Gasteiger partial charge in [0.2, 0.25) is 0 Å². The van der Waals surface area contributed by atoms with E-state index in [9.17, 15) is 15.3 Å². The molecule has 1 aromatic carbocycles. The number of hydrogen-bond donors (Lipinski definition) is 5. The first kappa shape index (κ1) is 15.2. The Kier molecular flexibility index (Phi) is 5.33. The zero-order chi connectivity index (χ0) is 14.5. The van der Waals surface area contributed by atoms with E-state index in [1.165, 1.54) is 0 Å². The second-order valence-electron chi connectivity index (χ2n) is 4.95. The van der Waals surface area contributed by atoms with Crippen molar-refractivity contribution in [2.45, 2.75) is 36.9 Å². The maximum absolute atomic E-state index is 9.87. The van der Waals surface area contributed by atoms with Crippen LogP contribution in [0.3, 0.4) is 0 Å². The first-order chi connectivity index (χ1) is 9.63. The van der Waals surface area contributed by atoms with E-state index in [-0.39, 0.29) is 0 Å². The molecule has 1 fully saturated rings. The van der Waals surface area contributed by atoms with Gasteiger partial charge in [-0.3, -0.25) is 0 Å². The summed E-state index contributed by atoms with van der Waals surface area (Å²) in [5.41, 5.74) is 0.956. The Hall–Kier alpha value is -1.18. The van der Waals surface area contributed by atoms with Crippen molar-refractivity contribution in [3.63, 3.8) is 0 Å². The van der Waals surface area contributed by atoms with Crippen LogP contribution >= 0.6 is 0 Å². The zero-order valence-corrected chi connectivity index (χ0v) is 11.1. The summed E-state index contributed by atoms with van der Waals surface area (Å²) >= 11 is 0. The predicted molar refractivity (Wildman–Crippen MR) is 73.3 cm³/mol. The molecule has 0 aliphatic carbocycles. The molecule has 5 atom stereocenters. The SMILES string of the molecule is OC[C@H]1O[C@H](CCNc2ccccc2)[C@H](O)[C@@H](O)[C@@H]1O. The van der Waals surface area contributed by atoms with Crippen LogP contribution in [-0.2, 0) is 4.74 Å². The summed E-state index contributed by atoms with van der Waals surface area (Å²) in [5, 5.41) is 41.5. The van der Waals surface area contributed by atoms with Gasteiger partial charge < -0.3 is 30.5 Å². The molecular weight excluding hydrogens is 262 g/mol. The molecule has 6 nitrogen and oxygen atoms in total. The first-order valence-corrected chi connectivity index (χ1v) is 6.73. The van der Waals surface area contributed by atoms with Gasteiger partial charge in [-0.05, 0) is 18.6 Å². The molecule has 1 saturated heterocycles. The molecule has 0 radical (unpaired) electrons. The lowest BCUT2D eigenvalue weighted by Gasteiger charge is -2.40. The largest absolute Gasteiger partial charge is 0.394 e. The Labute approximate surface area is 117 Å². The molecule has 0 saturated carbocycles. The zero-order valence-electron chi connectivity index (χ0n) is 11.1. The summed E-state index contributed by atoms with van der Waals surface area (Å²) < 4.78 is 5.42. The number of aliphatic hydroxyl groups excluding tert-OH is 4. The molecule has 112 valence electrons. The molecule has 2 rings (SSSR count). The van der Waals surface area contributed by atoms with Gasteiger partial charge in [-0.1, -0.05) is 18.2 Å². The molecule has 0 spiro atoms. The molecule has 20 heavy (non-hydrogen) atoms. The number of anilines is 1. The van der Waals surface area contributed by atoms with E-state index in [1.807, 2.05) is 30.3 Å². The number of rotatable bonds is 5. The molecular formula is C14H21NO5. The van der Waals surface area contributed by atoms with Gasteiger partial charge in [0.25, 0.3) is 0 Å². The predicted octanol–water partition coefficient (Wildman–Crippen LogP) is -0.669. The molecule has 0 amide bonds. The first-order valence-electron chi connectivity index (χ1n) is 6.73. The van der Waals surface area contributed by atoms with E-state index in [0.717, 1.165) is 5.69 Å². The van der Waals surface area contributed by atoms with Crippen molar-refractivity contribution in [2.75, 3.05) is 18.5 Å². The van der Waals surface area contributed by atoms with E-state index >= 15 is 0 Å². The number of aliphatic hydroxyl groups is 4. The number of nitrogens with one attached hydrogen (secondary N) is 1. The normalized spacial score (nSPS) is 33.9. The lowest BCUT2D eigenvalue weighted by atomic mass is 9.93. The Balaban J connectivity index is 1.85. The quantitative estimate of drug-likeness (QED) is 0.491. The highest BCUT2D eigenvalue weighted by Crippen LogP contribution is 2.23. The van der Waals surface area contributed by atoms with Crippen molar-refractivity contribution >= 4 is 5.69 Å². The maximum atomic E-state index is 9.87. The molecule has 6 heteroatoms. The molecule has 0 unspecified atom stereocenters. The standard InChI is InChI=1S/C14H21NO5/c16-8-11-13(18)14(19)12(17)10(20-11)6-7-15-9-4-2-1-3-5-9/h1-5,10-19H,6-8H2/t10-,11-,12+,13-,14-/m1/s1. The Morgan fingerprint density at radius 2 is 1.60 bits per heavy atom. The van der Waals surface area contributed by atoms with Crippen molar-refractivity contribution in [1.29, 1.82) is 0 Å². The molecule has 1 aliphatic heterocycles. The van der Waals surface area contributed by atoms with Crippen LogP contribution < -0.4 is 5.32 Å². The fourth-order valence-electron chi connectivity index (χ4n) is 2.33. The van der Waals surface area contributed by atoms with E-state index in [2.05, 4.69) is 5.32 Å². The third-order valence-corrected chi connectivity index (χ3v) is 3.52. The third kappa shape index (κ3) is 3.47. The highest BCUT2D eigenvalue weighted by atomic mass is 16.5. The van der Waals surface area contributed by atoms with E-state index in [0.29, 0.717) is 13.0 Å². The smallest absolute Gasteiger partial charge is 0.111 e. The van der Waals surface area contributed by atoms with E-state index in [4.69, 9.17) is 9.84 Å². The molecule has 1 heterocycles. The van der Waals surface area contributed by atoms with E-state index in [1.54, 1.807) is 0 Å². The summed E-state index contributed by atoms with van der Waals surface area (Å²) in [6, 6.07) is 9.59. The minimum absolute atomic E-state index is 0.395. The van der Waals surface area contributed by atoms with Crippen LogP contribution in [0.25, 0.3) is 0 Å². The van der Waals surface area contributed by atoms with Crippen LogP contribution in [0, 0.1) is 0 Å². The molecule has 1 aliphatic rings. The van der Waals surface area contributed by atoms with Crippen molar-refractivity contribution < 1.29 is 25.2 Å². The highest BCUT2D eigenvalue weighted by molar-refractivity contribution is 5.42. The van der Waals surface area contributed by atoms with Gasteiger partial charge in [0, 0.05) is 12.2 Å². The fraction of sp³-hybridized carbons (Fsp3) is 0.571. The maximum Gasteiger partial charge on any atom is 0.111 e. The van der Waals surface area contributed by atoms with Gasteiger partial charge in [0.15, 0.2) is 0 Å². The van der Waals surface area contributed by atoms with Gasteiger partial charge in [0.1, 0.15) is 24.4 Å². The van der Waals surface area contributed by atoms with Gasteiger partial charge in [-0.15, -0.1) is 0 Å². The van der Waals surface area contributed by atoms with Gasteiger partial charge in [-0.25, -0.2) is 0 Å². The van der Waals surface area contributed by atoms with Crippen LogP contribution in [0.15, 0.2) is 30.3 Å². The summed E-state index contributed by atoms with van der Waals surface area (Å²) in [4.78, 5) is 0. The summed E-state index contributed by atoms with van der Waals surface area (Å²) in [6.45, 7) is 0.153. The monoisotopic (exact) mass is 283 g/mol. The van der Waals surface area contributed by atoms with Crippen LogP contribution in [0.4, 0.5) is 5.69 Å².